The van der Waals surface area contributed by atoms with Gasteiger partial charge in [0.05, 0.1) is 26.3 Å². The van der Waals surface area contributed by atoms with Crippen molar-refractivity contribution in [2.75, 3.05) is 25.7 Å². The van der Waals surface area contributed by atoms with Crippen LogP contribution in [0.15, 0.2) is 66.7 Å². The molecule has 1 aliphatic rings. The van der Waals surface area contributed by atoms with Crippen molar-refractivity contribution in [2.24, 2.45) is 0 Å². The number of rotatable bonds is 8. The number of ether oxygens (including phenoxy) is 2. The van der Waals surface area contributed by atoms with Crippen LogP contribution in [0, 0.1) is 0 Å². The molecule has 0 N–H and O–H groups in total. The Hall–Kier alpha value is -3.55. The fraction of sp³-hybridized carbons (Fsp3) is 0.222. The predicted octanol–water partition coefficient (Wildman–Crippen LogP) is 5.03. The third kappa shape index (κ3) is 5.32. The molecule has 0 aliphatic carbocycles. The summed E-state index contributed by atoms with van der Waals surface area (Å²) < 4.78 is 10.7. The number of carbonyl (C=O) groups is 3. The van der Waals surface area contributed by atoms with Gasteiger partial charge in [-0.15, -0.1) is 0 Å². The lowest BCUT2D eigenvalue weighted by Crippen LogP contribution is -2.46. The number of hydrogen-bond donors (Lipinski definition) is 0. The first-order valence-electron chi connectivity index (χ1n) is 11.2. The number of nitrogens with zero attached hydrogens (tertiary/aromatic N) is 2. The second-order valence-electron chi connectivity index (χ2n) is 8.21. The van der Waals surface area contributed by atoms with E-state index < -0.39 is 11.9 Å². The van der Waals surface area contributed by atoms with E-state index in [-0.39, 0.29) is 24.8 Å². The molecule has 1 saturated heterocycles. The Labute approximate surface area is 219 Å². The lowest BCUT2D eigenvalue weighted by atomic mass is 10.1. The number of anilines is 1. The molecule has 0 spiro atoms. The van der Waals surface area contributed by atoms with E-state index in [1.807, 2.05) is 12.1 Å². The van der Waals surface area contributed by atoms with Crippen LogP contribution in [0.25, 0.3) is 0 Å². The molecule has 36 heavy (non-hydrogen) atoms. The van der Waals surface area contributed by atoms with E-state index >= 15 is 0 Å². The molecule has 3 aromatic carbocycles. The molecular weight excluding hydrogens is 503 g/mol. The second-order valence-corrected chi connectivity index (χ2v) is 9.08. The molecule has 0 radical (unpaired) electrons. The first-order chi connectivity index (χ1) is 17.3. The molecule has 9 heteroatoms. The molecule has 3 amide bonds. The zero-order valence-electron chi connectivity index (χ0n) is 19.7. The minimum absolute atomic E-state index is 0.118. The maximum atomic E-state index is 13.6. The van der Waals surface area contributed by atoms with Crippen molar-refractivity contribution in [3.63, 3.8) is 0 Å². The molecule has 1 fully saturated rings. The molecule has 186 valence electrons. The van der Waals surface area contributed by atoms with Crippen LogP contribution in [0.1, 0.15) is 22.3 Å². The van der Waals surface area contributed by atoms with Gasteiger partial charge < -0.3 is 14.4 Å². The molecule has 1 unspecified atom stereocenters. The molecule has 0 saturated carbocycles. The average Bonchev–Trinajstić information content (AvgIpc) is 3.18. The Bertz CT molecular complexity index is 1280. The van der Waals surface area contributed by atoms with Crippen LogP contribution in [0.2, 0.25) is 10.0 Å². The van der Waals surface area contributed by atoms with E-state index in [1.54, 1.807) is 68.8 Å². The van der Waals surface area contributed by atoms with Crippen LogP contribution in [0.4, 0.5) is 5.69 Å². The quantitative estimate of drug-likeness (QED) is 0.385. The highest BCUT2D eigenvalue weighted by molar-refractivity contribution is 6.31. The largest absolute Gasteiger partial charge is 0.493 e. The predicted molar refractivity (Wildman–Crippen MR) is 138 cm³/mol. The summed E-state index contributed by atoms with van der Waals surface area (Å²) in [5.41, 5.74) is 1.67. The molecular formula is C27H24Cl2N2O5. The number of halogens is 2. The first kappa shape index (κ1) is 25.5. The number of carbonyl (C=O) groups excluding carboxylic acids is 3. The zero-order chi connectivity index (χ0) is 25.8. The van der Waals surface area contributed by atoms with E-state index in [2.05, 4.69) is 0 Å². The van der Waals surface area contributed by atoms with Gasteiger partial charge in [0.2, 0.25) is 5.91 Å². The SMILES string of the molecule is COc1ccc(CCN(C(=O)c2ccc(Cl)cc2)C2CC(=O)N(c3ccc(Cl)cc3)C2=O)cc1OC. The van der Waals surface area contributed by atoms with Gasteiger partial charge in [-0.05, 0) is 72.6 Å². The lowest BCUT2D eigenvalue weighted by Gasteiger charge is -2.28. The van der Waals surface area contributed by atoms with Crippen LogP contribution in [0.5, 0.6) is 11.5 Å². The van der Waals surface area contributed by atoms with E-state index in [9.17, 15) is 14.4 Å². The van der Waals surface area contributed by atoms with E-state index in [0.29, 0.717) is 39.2 Å². The van der Waals surface area contributed by atoms with Crippen molar-refractivity contribution >= 4 is 46.6 Å². The van der Waals surface area contributed by atoms with Crippen LogP contribution in [-0.2, 0) is 16.0 Å². The van der Waals surface area contributed by atoms with Gasteiger partial charge in [0.25, 0.3) is 11.8 Å². The maximum absolute atomic E-state index is 13.6. The molecule has 4 rings (SSSR count). The maximum Gasteiger partial charge on any atom is 0.257 e. The van der Waals surface area contributed by atoms with Crippen LogP contribution in [-0.4, -0.2) is 49.4 Å². The van der Waals surface area contributed by atoms with Crippen LogP contribution < -0.4 is 14.4 Å². The molecule has 1 aliphatic heterocycles. The van der Waals surface area contributed by atoms with Gasteiger partial charge in [-0.2, -0.15) is 0 Å². The normalized spacial score (nSPS) is 15.2. The topological polar surface area (TPSA) is 76.2 Å². The minimum Gasteiger partial charge on any atom is -0.493 e. The average molecular weight is 527 g/mol. The van der Waals surface area contributed by atoms with Crippen LogP contribution >= 0.6 is 23.2 Å². The van der Waals surface area contributed by atoms with Gasteiger partial charge in [0.1, 0.15) is 6.04 Å². The van der Waals surface area contributed by atoms with Gasteiger partial charge in [-0.25, -0.2) is 4.90 Å². The highest BCUT2D eigenvalue weighted by Gasteiger charge is 2.44. The zero-order valence-corrected chi connectivity index (χ0v) is 21.3. The smallest absolute Gasteiger partial charge is 0.257 e. The van der Waals surface area contributed by atoms with Crippen molar-refractivity contribution < 1.29 is 23.9 Å². The Balaban J connectivity index is 1.63. The van der Waals surface area contributed by atoms with Crippen molar-refractivity contribution in [3.8, 4) is 11.5 Å². The summed E-state index contributed by atoms with van der Waals surface area (Å²) in [5.74, 6) is -0.0577. The van der Waals surface area contributed by atoms with Crippen molar-refractivity contribution in [1.82, 2.24) is 4.90 Å². The Morgan fingerprint density at radius 3 is 2.14 bits per heavy atom. The fourth-order valence-electron chi connectivity index (χ4n) is 4.16. The highest BCUT2D eigenvalue weighted by Crippen LogP contribution is 2.30. The van der Waals surface area contributed by atoms with Crippen LogP contribution in [0.3, 0.4) is 0 Å². The number of methoxy groups -OCH3 is 2. The van der Waals surface area contributed by atoms with Crippen molar-refractivity contribution in [3.05, 3.63) is 87.9 Å². The van der Waals surface area contributed by atoms with Gasteiger partial charge in [0.15, 0.2) is 11.5 Å². The Kier molecular flexibility index (Phi) is 7.82. The van der Waals surface area contributed by atoms with E-state index in [4.69, 9.17) is 32.7 Å². The standard InChI is InChI=1S/C27H24Cl2N2O5/c1-35-23-12-3-17(15-24(23)36-2)13-14-30(26(33)18-4-6-19(28)7-5-18)22-16-25(32)31(27(22)34)21-10-8-20(29)9-11-21/h3-12,15,22H,13-14,16H2,1-2H3. The first-order valence-corrected chi connectivity index (χ1v) is 12.0. The molecule has 7 nitrogen and oxygen atoms in total. The number of benzene rings is 3. The third-order valence-corrected chi connectivity index (χ3v) is 6.53. The van der Waals surface area contributed by atoms with Gasteiger partial charge in [-0.1, -0.05) is 29.3 Å². The summed E-state index contributed by atoms with van der Waals surface area (Å²) in [6.07, 6.45) is 0.311. The number of amides is 3. The lowest BCUT2D eigenvalue weighted by molar-refractivity contribution is -0.122. The number of hydrogen-bond acceptors (Lipinski definition) is 5. The summed E-state index contributed by atoms with van der Waals surface area (Å²) in [7, 11) is 3.10. The van der Waals surface area contributed by atoms with E-state index in [0.717, 1.165) is 10.5 Å². The summed E-state index contributed by atoms with van der Waals surface area (Å²) in [6.45, 7) is 0.203. The molecule has 0 aromatic heterocycles. The van der Waals surface area contributed by atoms with Crippen molar-refractivity contribution in [2.45, 2.75) is 18.9 Å². The summed E-state index contributed by atoms with van der Waals surface area (Å²) in [6, 6.07) is 17.4. The summed E-state index contributed by atoms with van der Waals surface area (Å²) >= 11 is 12.0. The summed E-state index contributed by atoms with van der Waals surface area (Å²) in [5, 5.41) is 0.980. The minimum atomic E-state index is -0.948. The second kappa shape index (κ2) is 11.0. The molecule has 1 atom stereocenters. The van der Waals surface area contributed by atoms with Crippen molar-refractivity contribution in [1.29, 1.82) is 0 Å². The summed E-state index contributed by atoms with van der Waals surface area (Å²) in [4.78, 5) is 42.5. The number of imide groups is 1. The van der Waals surface area contributed by atoms with Gasteiger partial charge >= 0.3 is 0 Å². The molecule has 1 heterocycles. The third-order valence-electron chi connectivity index (χ3n) is 6.03. The molecule has 3 aromatic rings. The Morgan fingerprint density at radius 2 is 1.53 bits per heavy atom. The monoisotopic (exact) mass is 526 g/mol. The van der Waals surface area contributed by atoms with E-state index in [1.165, 1.54) is 4.90 Å². The molecule has 0 bridgehead atoms. The Morgan fingerprint density at radius 1 is 0.917 bits per heavy atom. The highest BCUT2D eigenvalue weighted by atomic mass is 35.5. The van der Waals surface area contributed by atoms with Gasteiger partial charge in [0, 0.05) is 22.2 Å². The van der Waals surface area contributed by atoms with Gasteiger partial charge in [-0.3, -0.25) is 14.4 Å². The fourth-order valence-corrected chi connectivity index (χ4v) is 4.42.